The van der Waals surface area contributed by atoms with Crippen molar-refractivity contribution in [2.24, 2.45) is 17.3 Å². The maximum atomic E-state index is 9.87. The van der Waals surface area contributed by atoms with E-state index in [2.05, 4.69) is 20.4 Å². The molecule has 1 fully saturated rings. The molecule has 2 aliphatic rings. The number of aliphatic hydroxyl groups excluding tert-OH is 2. The van der Waals surface area contributed by atoms with Crippen molar-refractivity contribution in [1.82, 2.24) is 0 Å². The molecular weight excluding hydrogens is 212 g/mol. The number of allylic oxidation sites excluding steroid dienone is 1. The van der Waals surface area contributed by atoms with Gasteiger partial charge < -0.3 is 10.2 Å². The zero-order valence-corrected chi connectivity index (χ0v) is 10.9. The van der Waals surface area contributed by atoms with E-state index in [0.29, 0.717) is 11.8 Å². The predicted molar refractivity (Wildman–Crippen MR) is 69.5 cm³/mol. The molecule has 0 aromatic heterocycles. The summed E-state index contributed by atoms with van der Waals surface area (Å²) < 4.78 is 0. The van der Waals surface area contributed by atoms with E-state index >= 15 is 0 Å². The SMILES string of the molecule is C=C(CO)C1CCC2(C)CC(O)C=C(C)C2C1. The van der Waals surface area contributed by atoms with Crippen LogP contribution in [-0.2, 0) is 0 Å². The summed E-state index contributed by atoms with van der Waals surface area (Å²) in [5, 5.41) is 19.1. The van der Waals surface area contributed by atoms with Crippen LogP contribution < -0.4 is 0 Å². The second-order valence-electron chi connectivity index (χ2n) is 6.18. The summed E-state index contributed by atoms with van der Waals surface area (Å²) in [5.74, 6) is 1.00. The second kappa shape index (κ2) is 4.58. The van der Waals surface area contributed by atoms with Gasteiger partial charge in [-0.15, -0.1) is 0 Å². The lowest BCUT2D eigenvalue weighted by Gasteiger charge is -2.49. The van der Waals surface area contributed by atoms with Crippen molar-refractivity contribution in [2.75, 3.05) is 6.61 Å². The van der Waals surface area contributed by atoms with Crippen molar-refractivity contribution in [3.63, 3.8) is 0 Å². The Hall–Kier alpha value is -0.600. The Morgan fingerprint density at radius 1 is 1.59 bits per heavy atom. The summed E-state index contributed by atoms with van der Waals surface area (Å²) in [6, 6.07) is 0. The van der Waals surface area contributed by atoms with Crippen LogP contribution in [-0.4, -0.2) is 22.9 Å². The summed E-state index contributed by atoms with van der Waals surface area (Å²) in [7, 11) is 0. The second-order valence-corrected chi connectivity index (χ2v) is 6.18. The van der Waals surface area contributed by atoms with Crippen LogP contribution in [0.25, 0.3) is 0 Å². The molecule has 0 radical (unpaired) electrons. The van der Waals surface area contributed by atoms with Gasteiger partial charge in [0.25, 0.3) is 0 Å². The van der Waals surface area contributed by atoms with E-state index < -0.39 is 0 Å². The Morgan fingerprint density at radius 2 is 2.29 bits per heavy atom. The Labute approximate surface area is 104 Å². The van der Waals surface area contributed by atoms with Gasteiger partial charge in [-0.05, 0) is 55.4 Å². The van der Waals surface area contributed by atoms with Gasteiger partial charge in [-0.1, -0.05) is 25.2 Å². The fraction of sp³-hybridized carbons (Fsp3) is 0.733. The molecule has 0 aliphatic heterocycles. The minimum absolute atomic E-state index is 0.111. The molecule has 0 amide bonds. The number of hydrogen-bond donors (Lipinski definition) is 2. The van der Waals surface area contributed by atoms with Gasteiger partial charge in [0, 0.05) is 0 Å². The minimum Gasteiger partial charge on any atom is -0.392 e. The van der Waals surface area contributed by atoms with Crippen molar-refractivity contribution in [3.05, 3.63) is 23.8 Å². The smallest absolute Gasteiger partial charge is 0.0728 e. The summed E-state index contributed by atoms with van der Waals surface area (Å²) in [6.07, 6.45) is 5.94. The van der Waals surface area contributed by atoms with Gasteiger partial charge in [-0.2, -0.15) is 0 Å². The topological polar surface area (TPSA) is 40.5 Å². The summed E-state index contributed by atoms with van der Waals surface area (Å²) in [4.78, 5) is 0. The molecule has 2 heteroatoms. The highest BCUT2D eigenvalue weighted by molar-refractivity contribution is 5.19. The van der Waals surface area contributed by atoms with Crippen LogP contribution in [0.5, 0.6) is 0 Å². The molecule has 2 aliphatic carbocycles. The quantitative estimate of drug-likeness (QED) is 0.724. The average Bonchev–Trinajstić information content (AvgIpc) is 2.26. The Morgan fingerprint density at radius 3 is 2.94 bits per heavy atom. The number of hydrogen-bond acceptors (Lipinski definition) is 2. The molecule has 2 nitrogen and oxygen atoms in total. The van der Waals surface area contributed by atoms with Gasteiger partial charge in [0.2, 0.25) is 0 Å². The first-order valence-electron chi connectivity index (χ1n) is 6.61. The lowest BCUT2D eigenvalue weighted by molar-refractivity contribution is 0.0411. The molecule has 0 spiro atoms. The van der Waals surface area contributed by atoms with E-state index in [4.69, 9.17) is 0 Å². The summed E-state index contributed by atoms with van der Waals surface area (Å²) in [6.45, 7) is 8.52. The molecule has 2 rings (SSSR count). The first-order chi connectivity index (χ1) is 7.96. The van der Waals surface area contributed by atoms with E-state index in [1.54, 1.807) is 0 Å². The standard InChI is InChI=1S/C15H24O2/c1-10-6-13(17)8-15(3)5-4-12(7-14(10)15)11(2)9-16/h6,12-14,16-17H,2,4-5,7-9H2,1,3H3. The van der Waals surface area contributed by atoms with Crippen LogP contribution in [0.4, 0.5) is 0 Å². The van der Waals surface area contributed by atoms with Crippen LogP contribution in [0, 0.1) is 17.3 Å². The van der Waals surface area contributed by atoms with Crippen molar-refractivity contribution in [3.8, 4) is 0 Å². The molecule has 0 saturated heterocycles. The zero-order chi connectivity index (χ0) is 12.6. The van der Waals surface area contributed by atoms with Crippen LogP contribution >= 0.6 is 0 Å². The monoisotopic (exact) mass is 236 g/mol. The molecule has 4 atom stereocenters. The maximum Gasteiger partial charge on any atom is 0.0728 e. The van der Waals surface area contributed by atoms with E-state index in [0.717, 1.165) is 31.3 Å². The van der Waals surface area contributed by atoms with Crippen molar-refractivity contribution < 1.29 is 10.2 Å². The summed E-state index contributed by atoms with van der Waals surface area (Å²) >= 11 is 0. The summed E-state index contributed by atoms with van der Waals surface area (Å²) in [5.41, 5.74) is 2.54. The van der Waals surface area contributed by atoms with E-state index in [9.17, 15) is 10.2 Å². The first-order valence-corrected chi connectivity index (χ1v) is 6.61. The highest BCUT2D eigenvalue weighted by Crippen LogP contribution is 2.52. The van der Waals surface area contributed by atoms with Crippen LogP contribution in [0.15, 0.2) is 23.8 Å². The fourth-order valence-electron chi connectivity index (χ4n) is 3.80. The van der Waals surface area contributed by atoms with E-state index in [-0.39, 0.29) is 18.1 Å². The van der Waals surface area contributed by atoms with Gasteiger partial charge >= 0.3 is 0 Å². The highest BCUT2D eigenvalue weighted by Gasteiger charge is 2.44. The Balaban J connectivity index is 2.18. The zero-order valence-electron chi connectivity index (χ0n) is 10.9. The molecule has 1 saturated carbocycles. The van der Waals surface area contributed by atoms with Crippen molar-refractivity contribution in [1.29, 1.82) is 0 Å². The molecule has 2 N–H and O–H groups in total. The lowest BCUT2D eigenvalue weighted by Crippen LogP contribution is -2.41. The average molecular weight is 236 g/mol. The third kappa shape index (κ3) is 2.34. The highest BCUT2D eigenvalue weighted by atomic mass is 16.3. The Bertz CT molecular complexity index is 345. The van der Waals surface area contributed by atoms with Crippen LogP contribution in [0.2, 0.25) is 0 Å². The Kier molecular flexibility index (Phi) is 3.46. The van der Waals surface area contributed by atoms with Crippen molar-refractivity contribution >= 4 is 0 Å². The van der Waals surface area contributed by atoms with Gasteiger partial charge in [0.15, 0.2) is 0 Å². The predicted octanol–water partition coefficient (Wildman–Crippen LogP) is 2.67. The van der Waals surface area contributed by atoms with Crippen molar-refractivity contribution in [2.45, 2.75) is 45.6 Å². The minimum atomic E-state index is -0.270. The molecule has 0 aromatic rings. The van der Waals surface area contributed by atoms with Gasteiger partial charge in [-0.25, -0.2) is 0 Å². The molecular formula is C15H24O2. The molecule has 17 heavy (non-hydrogen) atoms. The van der Waals surface area contributed by atoms with Crippen LogP contribution in [0.3, 0.4) is 0 Å². The van der Waals surface area contributed by atoms with Gasteiger partial charge in [-0.3, -0.25) is 0 Å². The lowest BCUT2D eigenvalue weighted by atomic mass is 9.57. The van der Waals surface area contributed by atoms with E-state index in [1.807, 2.05) is 6.08 Å². The van der Waals surface area contributed by atoms with Gasteiger partial charge in [0.05, 0.1) is 12.7 Å². The molecule has 4 unspecified atom stereocenters. The first kappa shape index (κ1) is 12.8. The molecule has 96 valence electrons. The third-order valence-electron chi connectivity index (χ3n) is 4.89. The van der Waals surface area contributed by atoms with Crippen LogP contribution in [0.1, 0.15) is 39.5 Å². The van der Waals surface area contributed by atoms with Gasteiger partial charge in [0.1, 0.15) is 0 Å². The maximum absolute atomic E-state index is 9.87. The normalized spacial score (nSPS) is 41.6. The fourth-order valence-corrected chi connectivity index (χ4v) is 3.80. The number of fused-ring (bicyclic) bond motifs is 1. The molecule has 0 bridgehead atoms. The third-order valence-corrected chi connectivity index (χ3v) is 4.89. The molecule has 0 aromatic carbocycles. The number of rotatable bonds is 2. The largest absolute Gasteiger partial charge is 0.392 e. The number of aliphatic hydroxyl groups is 2. The van der Waals surface area contributed by atoms with E-state index in [1.165, 1.54) is 5.57 Å². The molecule has 0 heterocycles.